The topological polar surface area (TPSA) is 57.7 Å². The van der Waals surface area contributed by atoms with Gasteiger partial charge in [0.05, 0.1) is 17.0 Å². The van der Waals surface area contributed by atoms with E-state index in [2.05, 4.69) is 22.6 Å². The van der Waals surface area contributed by atoms with Gasteiger partial charge in [-0.25, -0.2) is 17.5 Å². The number of halogens is 1. The molecule has 1 fully saturated rings. The number of carbonyl (C=O) groups is 1. The van der Waals surface area contributed by atoms with Gasteiger partial charge in [0, 0.05) is 11.0 Å². The van der Waals surface area contributed by atoms with Crippen molar-refractivity contribution in [1.29, 1.82) is 0 Å². The molecule has 0 spiro atoms. The molecule has 5 nitrogen and oxygen atoms in total. The first-order chi connectivity index (χ1) is 12.4. The van der Waals surface area contributed by atoms with E-state index in [1.807, 2.05) is 44.2 Å². The van der Waals surface area contributed by atoms with E-state index in [9.17, 15) is 13.2 Å². The van der Waals surface area contributed by atoms with E-state index in [1.165, 1.54) is 0 Å². The summed E-state index contributed by atoms with van der Waals surface area (Å²) in [7, 11) is -3.88. The Bertz CT molecular complexity index is 885. The Morgan fingerprint density at radius 3 is 2.31 bits per heavy atom. The highest BCUT2D eigenvalue weighted by Gasteiger charge is 2.46. The predicted molar refractivity (Wildman–Crippen MR) is 110 cm³/mol. The number of hydrogen-bond donors (Lipinski definition) is 0. The van der Waals surface area contributed by atoms with E-state index in [4.69, 9.17) is 0 Å². The minimum absolute atomic E-state index is 0.153. The van der Waals surface area contributed by atoms with Crippen LogP contribution >= 0.6 is 22.6 Å². The van der Waals surface area contributed by atoms with Crippen molar-refractivity contribution in [1.82, 2.24) is 9.21 Å². The van der Waals surface area contributed by atoms with Gasteiger partial charge in [-0.2, -0.15) is 0 Å². The van der Waals surface area contributed by atoms with Crippen molar-refractivity contribution < 1.29 is 13.2 Å². The first-order valence-corrected chi connectivity index (χ1v) is 11.4. The monoisotopic (exact) mass is 484 g/mol. The molecular weight excluding hydrogens is 463 g/mol. The largest absolute Gasteiger partial charge is 0.334 e. The van der Waals surface area contributed by atoms with Gasteiger partial charge < -0.3 is 4.90 Å². The van der Waals surface area contributed by atoms with Crippen LogP contribution in [0.4, 0.5) is 4.79 Å². The van der Waals surface area contributed by atoms with Crippen LogP contribution in [0.5, 0.6) is 0 Å². The number of alkyl halides is 1. The zero-order valence-corrected chi connectivity index (χ0v) is 17.6. The van der Waals surface area contributed by atoms with Crippen LogP contribution in [0.3, 0.4) is 0 Å². The molecule has 26 heavy (non-hydrogen) atoms. The number of urea groups is 1. The first-order valence-electron chi connectivity index (χ1n) is 8.39. The van der Waals surface area contributed by atoms with Gasteiger partial charge in [-0.1, -0.05) is 70.6 Å². The van der Waals surface area contributed by atoms with Gasteiger partial charge in [0.15, 0.2) is 0 Å². The van der Waals surface area contributed by atoms with Crippen molar-refractivity contribution >= 4 is 38.6 Å². The maximum atomic E-state index is 13.1. The van der Waals surface area contributed by atoms with Crippen LogP contribution in [0.25, 0.3) is 0 Å². The Morgan fingerprint density at radius 1 is 1.12 bits per heavy atom. The molecule has 138 valence electrons. The summed E-state index contributed by atoms with van der Waals surface area (Å²) in [6.07, 6.45) is 0. The Labute approximate surface area is 168 Å². The summed E-state index contributed by atoms with van der Waals surface area (Å²) in [6, 6.07) is 15.3. The molecule has 0 bridgehead atoms. The number of benzene rings is 2. The molecule has 2 aromatic carbocycles. The lowest BCUT2D eigenvalue weighted by Gasteiger charge is -2.25. The van der Waals surface area contributed by atoms with Crippen molar-refractivity contribution in [2.45, 2.75) is 30.8 Å². The summed E-state index contributed by atoms with van der Waals surface area (Å²) in [6.45, 7) is 4.22. The highest BCUT2D eigenvalue weighted by Crippen LogP contribution is 2.32. The van der Waals surface area contributed by atoms with Gasteiger partial charge in [-0.15, -0.1) is 0 Å². The Morgan fingerprint density at radius 2 is 1.73 bits per heavy atom. The zero-order chi connectivity index (χ0) is 18.9. The van der Waals surface area contributed by atoms with E-state index in [-0.39, 0.29) is 17.0 Å². The average molecular weight is 484 g/mol. The molecule has 0 saturated carbocycles. The van der Waals surface area contributed by atoms with Gasteiger partial charge in [-0.05, 0) is 31.5 Å². The van der Waals surface area contributed by atoms with Crippen LogP contribution in [-0.2, 0) is 10.0 Å². The van der Waals surface area contributed by atoms with E-state index in [0.29, 0.717) is 11.0 Å². The van der Waals surface area contributed by atoms with Gasteiger partial charge in [0.25, 0.3) is 10.0 Å². The smallest absolute Gasteiger partial charge is 0.315 e. The fourth-order valence-corrected chi connectivity index (χ4v) is 5.62. The lowest BCUT2D eigenvalue weighted by Crippen LogP contribution is -2.41. The third-order valence-corrected chi connectivity index (χ3v) is 7.54. The first kappa shape index (κ1) is 19.2. The summed E-state index contributed by atoms with van der Waals surface area (Å²) < 4.78 is 27.8. The van der Waals surface area contributed by atoms with Crippen molar-refractivity contribution in [2.75, 3.05) is 11.0 Å². The normalized spacial score (nSPS) is 19.0. The van der Waals surface area contributed by atoms with E-state index in [1.54, 1.807) is 29.2 Å². The van der Waals surface area contributed by atoms with Crippen LogP contribution in [-0.4, -0.2) is 40.7 Å². The van der Waals surface area contributed by atoms with Crippen LogP contribution in [0.1, 0.15) is 24.1 Å². The standard InChI is InChI=1S/C19H21IN2O3S/c1-14-8-10-18(11-9-14)26(24,25)22-17(12-20)13-21(19(22)23)15(2)16-6-4-3-5-7-16/h3-11,15,17H,12-13H2,1-2H3. The predicted octanol–water partition coefficient (Wildman–Crippen LogP) is 3.99. The van der Waals surface area contributed by atoms with Crippen LogP contribution in [0, 0.1) is 6.92 Å². The second-order valence-electron chi connectivity index (χ2n) is 6.44. The van der Waals surface area contributed by atoms with Gasteiger partial charge in [0.2, 0.25) is 0 Å². The fourth-order valence-electron chi connectivity index (χ4n) is 3.13. The lowest BCUT2D eigenvalue weighted by atomic mass is 10.1. The molecule has 1 aliphatic rings. The number of rotatable bonds is 5. The van der Waals surface area contributed by atoms with Crippen LogP contribution < -0.4 is 0 Å². The molecule has 0 radical (unpaired) electrons. The SMILES string of the molecule is Cc1ccc(S(=O)(=O)N2C(=O)N(C(C)c3ccccc3)CC2CI)cc1. The van der Waals surface area contributed by atoms with Gasteiger partial charge in [0.1, 0.15) is 0 Å². The second-order valence-corrected chi connectivity index (χ2v) is 9.14. The molecular formula is C19H21IN2O3S. The zero-order valence-electron chi connectivity index (χ0n) is 14.7. The molecule has 7 heteroatoms. The highest BCUT2D eigenvalue weighted by atomic mass is 127. The Balaban J connectivity index is 1.94. The maximum absolute atomic E-state index is 13.1. The molecule has 2 aromatic rings. The number of carbonyl (C=O) groups excluding carboxylic acids is 1. The third-order valence-electron chi connectivity index (χ3n) is 4.68. The maximum Gasteiger partial charge on any atom is 0.334 e. The van der Waals surface area contributed by atoms with Crippen molar-refractivity contribution in [3.63, 3.8) is 0 Å². The summed E-state index contributed by atoms with van der Waals surface area (Å²) in [4.78, 5) is 14.8. The van der Waals surface area contributed by atoms with Crippen LogP contribution in [0.2, 0.25) is 0 Å². The molecule has 3 rings (SSSR count). The van der Waals surface area contributed by atoms with Crippen molar-refractivity contribution in [3.05, 3.63) is 65.7 Å². The molecule has 2 atom stereocenters. The molecule has 2 amide bonds. The number of amides is 2. The number of aryl methyl sites for hydroxylation is 1. The minimum atomic E-state index is -3.88. The van der Waals surface area contributed by atoms with E-state index in [0.717, 1.165) is 15.4 Å². The van der Waals surface area contributed by atoms with Crippen LogP contribution in [0.15, 0.2) is 59.5 Å². The second kappa shape index (κ2) is 7.56. The Kier molecular flexibility index (Phi) is 5.57. The average Bonchev–Trinajstić information content (AvgIpc) is 2.99. The molecule has 1 heterocycles. The molecule has 0 N–H and O–H groups in total. The number of sulfonamides is 1. The third kappa shape index (κ3) is 3.46. The summed E-state index contributed by atoms with van der Waals surface area (Å²) in [5, 5.41) is 0. The lowest BCUT2D eigenvalue weighted by molar-refractivity contribution is 0.193. The summed E-state index contributed by atoms with van der Waals surface area (Å²) >= 11 is 2.14. The molecule has 0 aromatic heterocycles. The Hall–Kier alpha value is -1.61. The molecule has 2 unspecified atom stereocenters. The number of hydrogen-bond acceptors (Lipinski definition) is 3. The minimum Gasteiger partial charge on any atom is -0.315 e. The highest BCUT2D eigenvalue weighted by molar-refractivity contribution is 14.1. The quantitative estimate of drug-likeness (QED) is 0.477. The summed E-state index contributed by atoms with van der Waals surface area (Å²) in [5.74, 6) is 0. The van der Waals surface area contributed by atoms with E-state index >= 15 is 0 Å². The van der Waals surface area contributed by atoms with Crippen molar-refractivity contribution in [3.8, 4) is 0 Å². The van der Waals surface area contributed by atoms with Crippen molar-refractivity contribution in [2.24, 2.45) is 0 Å². The molecule has 1 saturated heterocycles. The molecule has 0 aliphatic carbocycles. The molecule has 1 aliphatic heterocycles. The van der Waals surface area contributed by atoms with E-state index < -0.39 is 16.1 Å². The summed E-state index contributed by atoms with van der Waals surface area (Å²) in [5.41, 5.74) is 1.96. The van der Waals surface area contributed by atoms with Gasteiger partial charge in [-0.3, -0.25) is 0 Å². The number of nitrogens with zero attached hydrogens (tertiary/aromatic N) is 2. The fraction of sp³-hybridized carbons (Fsp3) is 0.316. The van der Waals surface area contributed by atoms with Gasteiger partial charge >= 0.3 is 6.03 Å².